The predicted molar refractivity (Wildman–Crippen MR) is 93.4 cm³/mol. The van der Waals surface area contributed by atoms with Crippen molar-refractivity contribution in [3.63, 3.8) is 0 Å². The normalized spacial score (nSPS) is 18.3. The van der Waals surface area contributed by atoms with Gasteiger partial charge < -0.3 is 14.4 Å². The Morgan fingerprint density at radius 3 is 2.58 bits per heavy atom. The summed E-state index contributed by atoms with van der Waals surface area (Å²) in [4.78, 5) is 16.0. The third-order valence-corrected chi connectivity index (χ3v) is 4.69. The second kappa shape index (κ2) is 8.38. The molecule has 1 saturated heterocycles. The molecule has 0 aliphatic carbocycles. The van der Waals surface area contributed by atoms with E-state index in [-0.39, 0.29) is 5.91 Å². The van der Waals surface area contributed by atoms with E-state index in [2.05, 4.69) is 24.0 Å². The van der Waals surface area contributed by atoms with Crippen molar-refractivity contribution in [2.75, 3.05) is 45.9 Å². The number of carbonyl (C=O) groups is 1. The van der Waals surface area contributed by atoms with Crippen molar-refractivity contribution in [3.8, 4) is 11.5 Å². The second-order valence-electron chi connectivity index (χ2n) is 6.41. The van der Waals surface area contributed by atoms with Gasteiger partial charge in [0.1, 0.15) is 0 Å². The topological polar surface area (TPSA) is 42.0 Å². The molecule has 2 aliphatic rings. The lowest BCUT2D eigenvalue weighted by Crippen LogP contribution is -2.48. The molecule has 5 nitrogen and oxygen atoms in total. The molecule has 0 N–H and O–H groups in total. The van der Waals surface area contributed by atoms with Crippen LogP contribution in [0.5, 0.6) is 11.5 Å². The number of nitrogens with zero attached hydrogens (tertiary/aromatic N) is 2. The van der Waals surface area contributed by atoms with Crippen molar-refractivity contribution < 1.29 is 14.3 Å². The Hall–Kier alpha value is -1.75. The molecule has 0 aromatic heterocycles. The number of aryl methyl sites for hydroxylation is 1. The molecule has 3 rings (SSSR count). The van der Waals surface area contributed by atoms with Crippen LogP contribution in [0.2, 0.25) is 0 Å². The largest absolute Gasteiger partial charge is 0.490 e. The van der Waals surface area contributed by atoms with Crippen LogP contribution in [0, 0.1) is 6.92 Å². The van der Waals surface area contributed by atoms with Crippen LogP contribution in [0.3, 0.4) is 0 Å². The predicted octanol–water partition coefficient (Wildman–Crippen LogP) is 2.15. The quantitative estimate of drug-likeness (QED) is 0.829. The zero-order chi connectivity index (χ0) is 16.8. The van der Waals surface area contributed by atoms with Crippen LogP contribution in [0.15, 0.2) is 18.2 Å². The maximum atomic E-state index is 11.6. The minimum atomic E-state index is 0.168. The summed E-state index contributed by atoms with van der Waals surface area (Å²) >= 11 is 0. The molecular weight excluding hydrogens is 304 g/mol. The molecule has 0 saturated carbocycles. The van der Waals surface area contributed by atoms with E-state index in [0.29, 0.717) is 6.42 Å². The molecule has 1 fully saturated rings. The number of ether oxygens (including phenoxy) is 2. The third-order valence-electron chi connectivity index (χ3n) is 4.69. The summed E-state index contributed by atoms with van der Waals surface area (Å²) in [6, 6.07) is 6.28. The van der Waals surface area contributed by atoms with E-state index in [9.17, 15) is 4.79 Å². The summed E-state index contributed by atoms with van der Waals surface area (Å²) in [5, 5.41) is 0. The van der Waals surface area contributed by atoms with Gasteiger partial charge in [0, 0.05) is 39.0 Å². The first kappa shape index (κ1) is 17.1. The van der Waals surface area contributed by atoms with Crippen molar-refractivity contribution >= 4 is 5.91 Å². The molecule has 2 heterocycles. The highest BCUT2D eigenvalue weighted by Crippen LogP contribution is 2.30. The van der Waals surface area contributed by atoms with Crippen molar-refractivity contribution in [2.24, 2.45) is 0 Å². The lowest BCUT2D eigenvalue weighted by molar-refractivity contribution is -0.132. The maximum Gasteiger partial charge on any atom is 0.222 e. The highest BCUT2D eigenvalue weighted by atomic mass is 16.5. The smallest absolute Gasteiger partial charge is 0.222 e. The van der Waals surface area contributed by atoms with Gasteiger partial charge in [-0.2, -0.15) is 0 Å². The molecule has 1 radical (unpaired) electrons. The van der Waals surface area contributed by atoms with Crippen molar-refractivity contribution in [1.82, 2.24) is 9.80 Å². The Bertz CT molecular complexity index is 554. The average Bonchev–Trinajstić information content (AvgIpc) is 2.86. The van der Waals surface area contributed by atoms with Crippen molar-refractivity contribution in [1.29, 1.82) is 0 Å². The Labute approximate surface area is 144 Å². The minimum Gasteiger partial charge on any atom is -0.490 e. The molecule has 0 atom stereocenters. The number of hydrogen-bond acceptors (Lipinski definition) is 4. The van der Waals surface area contributed by atoms with Crippen LogP contribution in [-0.4, -0.2) is 61.6 Å². The lowest BCUT2D eigenvalue weighted by Gasteiger charge is -2.34. The molecule has 131 valence electrons. The summed E-state index contributed by atoms with van der Waals surface area (Å²) in [5.74, 6) is 1.91. The van der Waals surface area contributed by atoms with E-state index in [1.807, 2.05) is 11.0 Å². The Morgan fingerprint density at radius 1 is 1.08 bits per heavy atom. The van der Waals surface area contributed by atoms with E-state index in [4.69, 9.17) is 9.47 Å². The number of hydrogen-bond donors (Lipinski definition) is 0. The van der Waals surface area contributed by atoms with E-state index in [1.54, 1.807) is 0 Å². The number of piperazine rings is 1. The lowest BCUT2D eigenvalue weighted by atomic mass is 10.1. The first-order valence-electron chi connectivity index (χ1n) is 8.94. The molecule has 1 amide bonds. The standard InChI is InChI=1S/C19H27N2O3/c1-2-19(22)21-11-9-20(10-12-21)8-3-5-16-6-7-17-18(15-16)24-14-4-13-23-17/h6-7,15H,1-5,8-14H2. The van der Waals surface area contributed by atoms with Crippen molar-refractivity contribution in [3.05, 3.63) is 30.7 Å². The summed E-state index contributed by atoms with van der Waals surface area (Å²) < 4.78 is 11.4. The zero-order valence-corrected chi connectivity index (χ0v) is 14.3. The van der Waals surface area contributed by atoms with Crippen LogP contribution in [-0.2, 0) is 11.2 Å². The summed E-state index contributed by atoms with van der Waals surface area (Å²) in [6.07, 6.45) is 3.45. The van der Waals surface area contributed by atoms with Gasteiger partial charge in [-0.15, -0.1) is 0 Å². The molecule has 24 heavy (non-hydrogen) atoms. The SMILES string of the molecule is [CH2]CC(=O)N1CCN(CCCc2ccc3c(c2)OCCCO3)CC1. The first-order chi connectivity index (χ1) is 11.8. The highest BCUT2D eigenvalue weighted by Gasteiger charge is 2.19. The van der Waals surface area contributed by atoms with Gasteiger partial charge in [0.15, 0.2) is 11.5 Å². The van der Waals surface area contributed by atoms with Gasteiger partial charge in [0.25, 0.3) is 0 Å². The molecule has 0 spiro atoms. The summed E-state index contributed by atoms with van der Waals surface area (Å²) in [7, 11) is 0. The van der Waals surface area contributed by atoms with Gasteiger partial charge in [-0.3, -0.25) is 9.69 Å². The zero-order valence-electron chi connectivity index (χ0n) is 14.3. The van der Waals surface area contributed by atoms with E-state index < -0.39 is 0 Å². The third kappa shape index (κ3) is 4.41. The monoisotopic (exact) mass is 331 g/mol. The van der Waals surface area contributed by atoms with Crippen LogP contribution in [0.25, 0.3) is 0 Å². The molecule has 1 aromatic carbocycles. The number of rotatable bonds is 5. The molecule has 0 bridgehead atoms. The Balaban J connectivity index is 1.42. The molecule has 5 heteroatoms. The van der Waals surface area contributed by atoms with Crippen LogP contribution in [0.4, 0.5) is 0 Å². The number of benzene rings is 1. The highest BCUT2D eigenvalue weighted by molar-refractivity contribution is 5.76. The average molecular weight is 331 g/mol. The molecule has 1 aromatic rings. The molecule has 2 aliphatic heterocycles. The van der Waals surface area contributed by atoms with Crippen molar-refractivity contribution in [2.45, 2.75) is 25.7 Å². The van der Waals surface area contributed by atoms with E-state index >= 15 is 0 Å². The van der Waals surface area contributed by atoms with E-state index in [1.165, 1.54) is 5.56 Å². The fraction of sp³-hybridized carbons (Fsp3) is 0.579. The molecule has 0 unspecified atom stereocenters. The first-order valence-corrected chi connectivity index (χ1v) is 8.94. The van der Waals surface area contributed by atoms with Crippen LogP contribution in [0.1, 0.15) is 24.8 Å². The number of fused-ring (bicyclic) bond motifs is 1. The van der Waals surface area contributed by atoms with Gasteiger partial charge >= 0.3 is 0 Å². The maximum absolute atomic E-state index is 11.6. The second-order valence-corrected chi connectivity index (χ2v) is 6.41. The molecular formula is C19H27N2O3. The Kier molecular flexibility index (Phi) is 5.96. The summed E-state index contributed by atoms with van der Waals surface area (Å²) in [6.45, 7) is 9.80. The van der Waals surface area contributed by atoms with Crippen LogP contribution < -0.4 is 9.47 Å². The van der Waals surface area contributed by atoms with Gasteiger partial charge in [0.05, 0.1) is 13.2 Å². The van der Waals surface area contributed by atoms with Crippen LogP contribution >= 0.6 is 0 Å². The van der Waals surface area contributed by atoms with Gasteiger partial charge in [0.2, 0.25) is 5.91 Å². The minimum absolute atomic E-state index is 0.168. The van der Waals surface area contributed by atoms with Gasteiger partial charge in [-0.25, -0.2) is 0 Å². The fourth-order valence-electron chi connectivity index (χ4n) is 3.25. The Morgan fingerprint density at radius 2 is 1.83 bits per heavy atom. The summed E-state index contributed by atoms with van der Waals surface area (Å²) in [5.41, 5.74) is 1.30. The fourth-order valence-corrected chi connectivity index (χ4v) is 3.25. The number of amides is 1. The van der Waals surface area contributed by atoms with Gasteiger partial charge in [-0.1, -0.05) is 6.07 Å². The van der Waals surface area contributed by atoms with E-state index in [0.717, 1.165) is 76.7 Å². The van der Waals surface area contributed by atoms with Gasteiger partial charge in [-0.05, 0) is 44.0 Å². The number of carbonyl (C=O) groups excluding carboxylic acids is 1.